The first-order chi connectivity index (χ1) is 9.22. The molecule has 104 valence electrons. The molecule has 4 heteroatoms. The summed E-state index contributed by atoms with van der Waals surface area (Å²) < 4.78 is 5.37. The Balaban J connectivity index is 1.91. The van der Waals surface area contributed by atoms with Crippen LogP contribution < -0.4 is 0 Å². The van der Waals surface area contributed by atoms with Crippen LogP contribution in [0, 0.1) is 5.92 Å². The maximum atomic E-state index is 11.8. The van der Waals surface area contributed by atoms with Crippen molar-refractivity contribution >= 4 is 18.5 Å². The highest BCUT2D eigenvalue weighted by atomic mass is 32.1. The number of amides is 1. The summed E-state index contributed by atoms with van der Waals surface area (Å²) in [5.74, 6) is 1.45. The summed E-state index contributed by atoms with van der Waals surface area (Å²) in [6.07, 6.45) is 0.645. The second-order valence-electron chi connectivity index (χ2n) is 4.98. The van der Waals surface area contributed by atoms with Crippen molar-refractivity contribution in [3.8, 4) is 0 Å². The molecule has 1 fully saturated rings. The van der Waals surface area contributed by atoms with Gasteiger partial charge in [0.2, 0.25) is 5.91 Å². The predicted octanol–water partition coefficient (Wildman–Crippen LogP) is 2.50. The van der Waals surface area contributed by atoms with Crippen LogP contribution in [0.3, 0.4) is 0 Å². The summed E-state index contributed by atoms with van der Waals surface area (Å²) in [5.41, 5.74) is 2.35. The van der Waals surface area contributed by atoms with Gasteiger partial charge in [0.25, 0.3) is 0 Å². The third-order valence-electron chi connectivity index (χ3n) is 3.42. The molecule has 1 aromatic rings. The van der Waals surface area contributed by atoms with Gasteiger partial charge in [-0.1, -0.05) is 24.3 Å². The van der Waals surface area contributed by atoms with Crippen molar-refractivity contribution in [3.63, 3.8) is 0 Å². The monoisotopic (exact) mass is 279 g/mol. The van der Waals surface area contributed by atoms with E-state index >= 15 is 0 Å². The molecule has 1 heterocycles. The van der Waals surface area contributed by atoms with Gasteiger partial charge in [0.15, 0.2) is 0 Å². The van der Waals surface area contributed by atoms with Gasteiger partial charge in [-0.05, 0) is 29.7 Å². The fraction of sp³-hybridized carbons (Fsp3) is 0.533. The number of hydrogen-bond acceptors (Lipinski definition) is 3. The van der Waals surface area contributed by atoms with Crippen LogP contribution in [0.2, 0.25) is 0 Å². The number of ether oxygens (including phenoxy) is 1. The minimum absolute atomic E-state index is 0.248. The first kappa shape index (κ1) is 14.4. The third-order valence-corrected chi connectivity index (χ3v) is 3.94. The van der Waals surface area contributed by atoms with Crippen LogP contribution in [-0.4, -0.2) is 29.7 Å². The van der Waals surface area contributed by atoms with Gasteiger partial charge in [0.05, 0.1) is 6.61 Å². The molecule has 2 rings (SSSR count). The summed E-state index contributed by atoms with van der Waals surface area (Å²) in [7, 11) is 0. The van der Waals surface area contributed by atoms with Crippen LogP contribution in [0.5, 0.6) is 0 Å². The lowest BCUT2D eigenvalue weighted by atomic mass is 10.1. The van der Waals surface area contributed by atoms with Crippen LogP contribution in [-0.2, 0) is 22.7 Å². The molecule has 1 aromatic carbocycles. The smallest absolute Gasteiger partial charge is 0.223 e. The van der Waals surface area contributed by atoms with Crippen LogP contribution in [0.25, 0.3) is 0 Å². The molecular weight excluding hydrogens is 258 g/mol. The first-order valence-electron chi connectivity index (χ1n) is 6.77. The second-order valence-corrected chi connectivity index (χ2v) is 5.35. The molecule has 1 aliphatic heterocycles. The molecule has 1 atom stereocenters. The zero-order valence-corrected chi connectivity index (χ0v) is 12.2. The molecule has 0 saturated carbocycles. The van der Waals surface area contributed by atoms with Crippen molar-refractivity contribution < 1.29 is 9.53 Å². The van der Waals surface area contributed by atoms with Gasteiger partial charge in [0, 0.05) is 26.1 Å². The number of likely N-dealkylation sites (tertiary alicyclic amines) is 1. The van der Waals surface area contributed by atoms with Gasteiger partial charge >= 0.3 is 0 Å². The van der Waals surface area contributed by atoms with Gasteiger partial charge < -0.3 is 9.64 Å². The van der Waals surface area contributed by atoms with E-state index in [-0.39, 0.29) is 5.91 Å². The average Bonchev–Trinajstić information content (AvgIpc) is 2.79. The number of thiol groups is 1. The lowest BCUT2D eigenvalue weighted by Crippen LogP contribution is -2.24. The largest absolute Gasteiger partial charge is 0.377 e. The van der Waals surface area contributed by atoms with Crippen molar-refractivity contribution in [2.75, 3.05) is 18.9 Å². The van der Waals surface area contributed by atoms with Crippen molar-refractivity contribution in [1.29, 1.82) is 0 Å². The van der Waals surface area contributed by atoms with Crippen molar-refractivity contribution in [2.24, 2.45) is 5.92 Å². The van der Waals surface area contributed by atoms with Gasteiger partial charge in [-0.15, -0.1) is 0 Å². The van der Waals surface area contributed by atoms with E-state index in [4.69, 9.17) is 4.74 Å². The lowest BCUT2D eigenvalue weighted by Gasteiger charge is -2.16. The van der Waals surface area contributed by atoms with Crippen molar-refractivity contribution in [3.05, 3.63) is 35.4 Å². The first-order valence-corrected chi connectivity index (χ1v) is 7.40. The molecule has 1 saturated heterocycles. The molecule has 0 radical (unpaired) electrons. The molecule has 1 unspecified atom stereocenters. The Hall–Kier alpha value is -1.00. The Morgan fingerprint density at radius 2 is 2.00 bits per heavy atom. The number of rotatable bonds is 6. The number of hydrogen-bond donors (Lipinski definition) is 1. The molecule has 1 aliphatic rings. The Bertz CT molecular complexity index is 419. The summed E-state index contributed by atoms with van der Waals surface area (Å²) in [6, 6.07) is 8.30. The number of benzene rings is 1. The molecule has 3 nitrogen and oxygen atoms in total. The predicted molar refractivity (Wildman–Crippen MR) is 79.1 cm³/mol. The highest BCUT2D eigenvalue weighted by Gasteiger charge is 2.28. The summed E-state index contributed by atoms with van der Waals surface area (Å²) in [5, 5.41) is 0. The zero-order chi connectivity index (χ0) is 13.7. The lowest BCUT2D eigenvalue weighted by molar-refractivity contribution is -0.128. The van der Waals surface area contributed by atoms with E-state index in [1.165, 1.54) is 11.1 Å². The summed E-state index contributed by atoms with van der Waals surface area (Å²) in [6.45, 7) is 4.92. The molecule has 0 N–H and O–H groups in total. The number of carbonyl (C=O) groups is 1. The van der Waals surface area contributed by atoms with Gasteiger partial charge in [-0.2, -0.15) is 12.6 Å². The topological polar surface area (TPSA) is 29.5 Å². The highest BCUT2D eigenvalue weighted by molar-refractivity contribution is 7.80. The SMILES string of the molecule is CCOCc1ccc(CN2CC(CS)CC2=O)cc1. The Morgan fingerprint density at radius 3 is 2.58 bits per heavy atom. The maximum Gasteiger partial charge on any atom is 0.223 e. The number of nitrogens with zero attached hydrogens (tertiary/aromatic N) is 1. The fourth-order valence-corrected chi connectivity index (χ4v) is 2.55. The normalized spacial score (nSPS) is 19.2. The van der Waals surface area contributed by atoms with E-state index in [0.717, 1.165) is 18.9 Å². The van der Waals surface area contributed by atoms with E-state index < -0.39 is 0 Å². The van der Waals surface area contributed by atoms with Gasteiger partial charge in [-0.25, -0.2) is 0 Å². The van der Waals surface area contributed by atoms with E-state index in [1.54, 1.807) is 0 Å². The zero-order valence-electron chi connectivity index (χ0n) is 11.3. The quantitative estimate of drug-likeness (QED) is 0.811. The van der Waals surface area contributed by atoms with Crippen LogP contribution >= 0.6 is 12.6 Å². The van der Waals surface area contributed by atoms with Crippen LogP contribution in [0.4, 0.5) is 0 Å². The average molecular weight is 279 g/mol. The van der Waals surface area contributed by atoms with Crippen molar-refractivity contribution in [2.45, 2.75) is 26.5 Å². The van der Waals surface area contributed by atoms with E-state index in [1.807, 2.05) is 11.8 Å². The second kappa shape index (κ2) is 6.96. The number of carbonyl (C=O) groups excluding carboxylic acids is 1. The Labute approximate surface area is 120 Å². The van der Waals surface area contributed by atoms with E-state index in [9.17, 15) is 4.79 Å². The minimum Gasteiger partial charge on any atom is -0.377 e. The molecule has 0 aliphatic carbocycles. The molecule has 1 amide bonds. The molecule has 0 bridgehead atoms. The molecule has 19 heavy (non-hydrogen) atoms. The third kappa shape index (κ3) is 3.98. The van der Waals surface area contributed by atoms with Crippen molar-refractivity contribution in [1.82, 2.24) is 4.90 Å². The summed E-state index contributed by atoms with van der Waals surface area (Å²) in [4.78, 5) is 13.8. The van der Waals surface area contributed by atoms with E-state index in [2.05, 4.69) is 36.9 Å². The minimum atomic E-state index is 0.248. The molecule has 0 aromatic heterocycles. The van der Waals surface area contributed by atoms with Crippen LogP contribution in [0.1, 0.15) is 24.5 Å². The van der Waals surface area contributed by atoms with E-state index in [0.29, 0.717) is 25.5 Å². The maximum absolute atomic E-state index is 11.8. The Kier molecular flexibility index (Phi) is 5.28. The standard InChI is InChI=1S/C15H21NO2S/c1-2-18-10-13-5-3-12(4-6-13)8-16-9-14(11-19)7-15(16)17/h3-6,14,19H,2,7-11H2,1H3. The highest BCUT2D eigenvalue weighted by Crippen LogP contribution is 2.21. The molecular formula is C15H21NO2S. The van der Waals surface area contributed by atoms with Gasteiger partial charge in [0.1, 0.15) is 0 Å². The fourth-order valence-electron chi connectivity index (χ4n) is 2.31. The van der Waals surface area contributed by atoms with Crippen LogP contribution in [0.15, 0.2) is 24.3 Å². The Morgan fingerprint density at radius 1 is 1.32 bits per heavy atom. The van der Waals surface area contributed by atoms with Gasteiger partial charge in [-0.3, -0.25) is 4.79 Å². The molecule has 0 spiro atoms. The summed E-state index contributed by atoms with van der Waals surface area (Å²) >= 11 is 4.28.